The summed E-state index contributed by atoms with van der Waals surface area (Å²) in [5, 5.41) is 0.423. The Balaban J connectivity index is 2.48. The molecule has 3 nitrogen and oxygen atoms in total. The molecular formula is C10H9ClO3. The third-order valence-electron chi connectivity index (χ3n) is 1.96. The van der Waals surface area contributed by atoms with Crippen LogP contribution < -0.4 is 9.47 Å². The fraction of sp³-hybridized carbons (Fsp3) is 0.300. The monoisotopic (exact) mass is 212 g/mol. The summed E-state index contributed by atoms with van der Waals surface area (Å²) in [6.45, 7) is 1.18. The fourth-order valence-corrected chi connectivity index (χ4v) is 1.59. The van der Waals surface area contributed by atoms with Gasteiger partial charge >= 0.3 is 0 Å². The highest BCUT2D eigenvalue weighted by atomic mass is 35.5. The van der Waals surface area contributed by atoms with Crippen LogP contribution in [0, 0.1) is 0 Å². The van der Waals surface area contributed by atoms with E-state index in [1.165, 1.54) is 0 Å². The van der Waals surface area contributed by atoms with Gasteiger partial charge in [0.15, 0.2) is 11.5 Å². The number of rotatable bonds is 1. The number of hydrogen-bond donors (Lipinski definition) is 0. The van der Waals surface area contributed by atoms with Crippen molar-refractivity contribution >= 4 is 17.9 Å². The number of halogens is 1. The molecule has 0 N–H and O–H groups in total. The predicted octanol–water partition coefficient (Wildman–Crippen LogP) is 2.31. The maximum absolute atomic E-state index is 10.6. The average molecular weight is 213 g/mol. The lowest BCUT2D eigenvalue weighted by Crippen LogP contribution is -1.97. The smallest absolute Gasteiger partial charge is 0.179 e. The van der Waals surface area contributed by atoms with Crippen LogP contribution in [-0.4, -0.2) is 19.5 Å². The number of fused-ring (bicyclic) bond motifs is 1. The zero-order valence-corrected chi connectivity index (χ0v) is 8.21. The van der Waals surface area contributed by atoms with Crippen LogP contribution in [0.25, 0.3) is 0 Å². The molecule has 0 bridgehead atoms. The summed E-state index contributed by atoms with van der Waals surface area (Å²) in [5.41, 5.74) is 0.499. The Morgan fingerprint density at radius 3 is 2.86 bits per heavy atom. The van der Waals surface area contributed by atoms with Crippen molar-refractivity contribution in [1.82, 2.24) is 0 Å². The normalized spacial score (nSPS) is 14.6. The second-order valence-corrected chi connectivity index (χ2v) is 3.41. The first-order valence-corrected chi connectivity index (χ1v) is 4.73. The van der Waals surface area contributed by atoms with Crippen molar-refractivity contribution in [3.63, 3.8) is 0 Å². The maximum atomic E-state index is 10.6. The molecule has 1 aromatic carbocycles. The first-order valence-electron chi connectivity index (χ1n) is 4.35. The number of benzene rings is 1. The first kappa shape index (κ1) is 9.34. The van der Waals surface area contributed by atoms with Crippen LogP contribution in [0.3, 0.4) is 0 Å². The molecule has 1 heterocycles. The summed E-state index contributed by atoms with van der Waals surface area (Å²) >= 11 is 5.93. The summed E-state index contributed by atoms with van der Waals surface area (Å²) in [4.78, 5) is 10.6. The first-order chi connectivity index (χ1) is 6.81. The zero-order valence-electron chi connectivity index (χ0n) is 7.46. The number of hydrogen-bond acceptors (Lipinski definition) is 3. The van der Waals surface area contributed by atoms with Crippen LogP contribution in [0.2, 0.25) is 5.02 Å². The molecule has 0 radical (unpaired) electrons. The van der Waals surface area contributed by atoms with Crippen molar-refractivity contribution in [2.24, 2.45) is 0 Å². The van der Waals surface area contributed by atoms with Gasteiger partial charge in [-0.05, 0) is 12.1 Å². The standard InChI is InChI=1S/C10H9ClO3/c11-8-4-7(6-12)5-9-10(8)14-3-1-2-13-9/h4-6H,1-3H2. The quantitative estimate of drug-likeness (QED) is 0.671. The lowest BCUT2D eigenvalue weighted by atomic mass is 10.2. The summed E-state index contributed by atoms with van der Waals surface area (Å²) in [6.07, 6.45) is 1.56. The highest BCUT2D eigenvalue weighted by Gasteiger charge is 2.14. The number of carbonyl (C=O) groups is 1. The highest BCUT2D eigenvalue weighted by molar-refractivity contribution is 6.32. The molecule has 0 atom stereocenters. The molecule has 4 heteroatoms. The minimum Gasteiger partial charge on any atom is -0.489 e. The molecule has 0 spiro atoms. The van der Waals surface area contributed by atoms with Gasteiger partial charge in [0, 0.05) is 12.0 Å². The Morgan fingerprint density at radius 1 is 1.29 bits per heavy atom. The molecule has 0 fully saturated rings. The molecule has 2 rings (SSSR count). The second-order valence-electron chi connectivity index (χ2n) is 3.00. The van der Waals surface area contributed by atoms with E-state index in [9.17, 15) is 4.79 Å². The van der Waals surface area contributed by atoms with E-state index in [0.29, 0.717) is 35.3 Å². The van der Waals surface area contributed by atoms with E-state index < -0.39 is 0 Å². The molecule has 0 aliphatic carbocycles. The molecular weight excluding hydrogens is 204 g/mol. The van der Waals surface area contributed by atoms with E-state index in [-0.39, 0.29) is 0 Å². The van der Waals surface area contributed by atoms with E-state index in [4.69, 9.17) is 21.1 Å². The van der Waals surface area contributed by atoms with E-state index in [1.54, 1.807) is 12.1 Å². The summed E-state index contributed by atoms with van der Waals surface area (Å²) in [5.74, 6) is 1.09. The SMILES string of the molecule is O=Cc1cc(Cl)c2c(c1)OCCCO2. The molecule has 74 valence electrons. The van der Waals surface area contributed by atoms with Gasteiger partial charge < -0.3 is 9.47 Å². The summed E-state index contributed by atoms with van der Waals surface area (Å²) < 4.78 is 10.8. The Hall–Kier alpha value is -1.22. The van der Waals surface area contributed by atoms with E-state index in [0.717, 1.165) is 12.7 Å². The highest BCUT2D eigenvalue weighted by Crippen LogP contribution is 2.37. The van der Waals surface area contributed by atoms with Crippen molar-refractivity contribution in [3.8, 4) is 11.5 Å². The van der Waals surface area contributed by atoms with Crippen molar-refractivity contribution in [2.45, 2.75) is 6.42 Å². The Labute approximate surface area is 86.6 Å². The lowest BCUT2D eigenvalue weighted by Gasteiger charge is -2.08. The van der Waals surface area contributed by atoms with Crippen molar-refractivity contribution in [2.75, 3.05) is 13.2 Å². The van der Waals surface area contributed by atoms with Crippen molar-refractivity contribution < 1.29 is 14.3 Å². The van der Waals surface area contributed by atoms with Crippen LogP contribution in [0.15, 0.2) is 12.1 Å². The number of aldehydes is 1. The van der Waals surface area contributed by atoms with E-state index >= 15 is 0 Å². The van der Waals surface area contributed by atoms with Crippen LogP contribution in [0.1, 0.15) is 16.8 Å². The third-order valence-corrected chi connectivity index (χ3v) is 2.24. The lowest BCUT2D eigenvalue weighted by molar-refractivity contribution is 0.112. The topological polar surface area (TPSA) is 35.5 Å². The molecule has 0 amide bonds. The maximum Gasteiger partial charge on any atom is 0.179 e. The molecule has 1 aromatic rings. The van der Waals surface area contributed by atoms with Gasteiger partial charge in [0.1, 0.15) is 6.29 Å². The van der Waals surface area contributed by atoms with Crippen LogP contribution in [-0.2, 0) is 0 Å². The number of ether oxygens (including phenoxy) is 2. The van der Waals surface area contributed by atoms with Gasteiger partial charge in [-0.15, -0.1) is 0 Å². The van der Waals surface area contributed by atoms with Crippen LogP contribution >= 0.6 is 11.6 Å². The molecule has 0 unspecified atom stereocenters. The number of carbonyl (C=O) groups excluding carboxylic acids is 1. The molecule has 0 saturated heterocycles. The predicted molar refractivity (Wildman–Crippen MR) is 52.4 cm³/mol. The van der Waals surface area contributed by atoms with Crippen LogP contribution in [0.4, 0.5) is 0 Å². The van der Waals surface area contributed by atoms with Gasteiger partial charge in [-0.3, -0.25) is 4.79 Å². The van der Waals surface area contributed by atoms with Crippen molar-refractivity contribution in [1.29, 1.82) is 0 Å². The van der Waals surface area contributed by atoms with Gasteiger partial charge in [-0.2, -0.15) is 0 Å². The van der Waals surface area contributed by atoms with Gasteiger partial charge in [-0.25, -0.2) is 0 Å². The average Bonchev–Trinajstić information content (AvgIpc) is 2.42. The van der Waals surface area contributed by atoms with Crippen LogP contribution in [0.5, 0.6) is 11.5 Å². The minimum atomic E-state index is 0.423. The van der Waals surface area contributed by atoms with Gasteiger partial charge in [-0.1, -0.05) is 11.6 Å². The summed E-state index contributed by atoms with van der Waals surface area (Å²) in [6, 6.07) is 3.21. The molecule has 14 heavy (non-hydrogen) atoms. The summed E-state index contributed by atoms with van der Waals surface area (Å²) in [7, 11) is 0. The van der Waals surface area contributed by atoms with Gasteiger partial charge in [0.25, 0.3) is 0 Å². The Bertz CT molecular complexity index is 363. The van der Waals surface area contributed by atoms with E-state index in [1.807, 2.05) is 0 Å². The largest absolute Gasteiger partial charge is 0.489 e. The molecule has 0 aromatic heterocycles. The van der Waals surface area contributed by atoms with Gasteiger partial charge in [0.05, 0.1) is 18.2 Å². The third kappa shape index (κ3) is 1.68. The molecule has 0 saturated carbocycles. The second kappa shape index (κ2) is 3.88. The fourth-order valence-electron chi connectivity index (χ4n) is 1.32. The van der Waals surface area contributed by atoms with E-state index in [2.05, 4.69) is 0 Å². The zero-order chi connectivity index (χ0) is 9.97. The van der Waals surface area contributed by atoms with Crippen molar-refractivity contribution in [3.05, 3.63) is 22.7 Å². The Morgan fingerprint density at radius 2 is 2.07 bits per heavy atom. The molecule has 1 aliphatic heterocycles. The van der Waals surface area contributed by atoms with Gasteiger partial charge in [0.2, 0.25) is 0 Å². The minimum absolute atomic E-state index is 0.423. The Kier molecular flexibility index (Phi) is 2.59. The molecule has 1 aliphatic rings.